The van der Waals surface area contributed by atoms with Crippen molar-refractivity contribution in [2.75, 3.05) is 13.2 Å². The van der Waals surface area contributed by atoms with Gasteiger partial charge in [0.1, 0.15) is 37.6 Å². The molecule has 0 spiro atoms. The van der Waals surface area contributed by atoms with E-state index in [1.807, 2.05) is 0 Å². The van der Waals surface area contributed by atoms with E-state index in [4.69, 9.17) is 47.4 Å². The summed E-state index contributed by atoms with van der Waals surface area (Å²) in [5.74, 6) is -6.54. The van der Waals surface area contributed by atoms with E-state index >= 15 is 0 Å². The summed E-state index contributed by atoms with van der Waals surface area (Å²) in [5, 5.41) is 0. The zero-order valence-corrected chi connectivity index (χ0v) is 27.2. The average molecular weight is 677 g/mol. The molecule has 0 saturated carbocycles. The molecule has 2 saturated heterocycles. The van der Waals surface area contributed by atoms with Crippen LogP contribution in [0.4, 0.5) is 0 Å². The lowest BCUT2D eigenvalue weighted by molar-refractivity contribution is -0.276. The van der Waals surface area contributed by atoms with Gasteiger partial charge in [-0.25, -0.2) is 0 Å². The van der Waals surface area contributed by atoms with Crippen LogP contribution in [0.3, 0.4) is 0 Å². The van der Waals surface area contributed by atoms with Gasteiger partial charge in [-0.2, -0.15) is 0 Å². The molecule has 0 aliphatic carbocycles. The van der Waals surface area contributed by atoms with Crippen molar-refractivity contribution in [1.29, 1.82) is 0 Å². The molecule has 0 amide bonds. The highest BCUT2D eigenvalue weighted by Gasteiger charge is 2.57. The van der Waals surface area contributed by atoms with E-state index in [2.05, 4.69) is 0 Å². The first kappa shape index (κ1) is 38.9. The number of ether oxygens (including phenoxy) is 10. The summed E-state index contributed by atoms with van der Waals surface area (Å²) in [6, 6.07) is 0. The molecule has 18 heteroatoms. The average Bonchev–Trinajstić information content (AvgIpc) is 2.91. The fourth-order valence-electron chi connectivity index (χ4n) is 5.24. The van der Waals surface area contributed by atoms with E-state index in [0.717, 1.165) is 55.4 Å². The van der Waals surface area contributed by atoms with E-state index in [-0.39, 0.29) is 0 Å². The highest BCUT2D eigenvalue weighted by molar-refractivity contribution is 5.70. The van der Waals surface area contributed by atoms with Crippen LogP contribution in [-0.4, -0.2) is 122 Å². The normalized spacial score (nSPS) is 30.0. The summed E-state index contributed by atoms with van der Waals surface area (Å²) >= 11 is 0. The Balaban J connectivity index is 2.69. The standard InChI is InChI=1S/C29H40O18/c1-12(30)38-10-22-26(42-16(5)34)28(44-18(7)36)24(40-14(3)32)20(46-22)9-21-25(41-15(4)33)29(45-19(8)37)27(43-17(6)35)23(47-21)11-39-13(2)31/h20-29H,9-11H2,1-8H3/t20-,21-,22+,23+,24-,25-,26+,27+,28+,29+/m0/s1. The second kappa shape index (κ2) is 17.6. The molecule has 0 unspecified atom stereocenters. The van der Waals surface area contributed by atoms with Gasteiger partial charge in [0.25, 0.3) is 0 Å². The summed E-state index contributed by atoms with van der Waals surface area (Å²) in [6.07, 6.45) is -14.5. The van der Waals surface area contributed by atoms with Crippen LogP contribution in [0.1, 0.15) is 61.8 Å². The van der Waals surface area contributed by atoms with Crippen molar-refractivity contribution < 1.29 is 85.7 Å². The Labute approximate surface area is 269 Å². The van der Waals surface area contributed by atoms with Gasteiger partial charge >= 0.3 is 47.8 Å². The molecular weight excluding hydrogens is 636 g/mol. The predicted molar refractivity (Wildman–Crippen MR) is 149 cm³/mol. The monoisotopic (exact) mass is 676 g/mol. The fraction of sp³-hybridized carbons (Fsp3) is 0.724. The van der Waals surface area contributed by atoms with Gasteiger partial charge in [0.05, 0.1) is 0 Å². The van der Waals surface area contributed by atoms with Gasteiger partial charge in [-0.1, -0.05) is 0 Å². The van der Waals surface area contributed by atoms with Crippen molar-refractivity contribution in [1.82, 2.24) is 0 Å². The van der Waals surface area contributed by atoms with E-state index in [1.54, 1.807) is 0 Å². The van der Waals surface area contributed by atoms with Gasteiger partial charge in [0.2, 0.25) is 0 Å². The maximum Gasteiger partial charge on any atom is 0.303 e. The minimum atomic E-state index is -1.51. The zero-order valence-electron chi connectivity index (χ0n) is 27.2. The van der Waals surface area contributed by atoms with Gasteiger partial charge in [-0.3, -0.25) is 38.4 Å². The Hall–Kier alpha value is -4.32. The number of rotatable bonds is 12. The lowest BCUT2D eigenvalue weighted by Crippen LogP contribution is -2.66. The van der Waals surface area contributed by atoms with Crippen LogP contribution in [-0.2, 0) is 85.7 Å². The second-order valence-corrected chi connectivity index (χ2v) is 10.7. The minimum Gasteiger partial charge on any atom is -0.463 e. The first-order valence-electron chi connectivity index (χ1n) is 14.5. The Morgan fingerprint density at radius 1 is 0.362 bits per heavy atom. The van der Waals surface area contributed by atoms with E-state index < -0.39 is 128 Å². The lowest BCUT2D eigenvalue weighted by Gasteiger charge is -2.48. The highest BCUT2D eigenvalue weighted by atomic mass is 16.7. The number of carbonyl (C=O) groups is 8. The molecule has 0 N–H and O–H groups in total. The first-order chi connectivity index (χ1) is 21.9. The molecule has 2 rings (SSSR count). The van der Waals surface area contributed by atoms with Crippen molar-refractivity contribution in [2.45, 2.75) is 123 Å². The van der Waals surface area contributed by atoms with Crippen molar-refractivity contribution in [3.8, 4) is 0 Å². The molecule has 0 radical (unpaired) electrons. The topological polar surface area (TPSA) is 229 Å². The molecule has 2 aliphatic rings. The molecule has 0 bridgehead atoms. The zero-order chi connectivity index (χ0) is 35.6. The number of esters is 8. The summed E-state index contributed by atoms with van der Waals surface area (Å²) in [4.78, 5) is 96.5. The molecule has 0 aromatic heterocycles. The summed E-state index contributed by atoms with van der Waals surface area (Å²) in [6.45, 7) is 7.58. The molecule has 10 atom stereocenters. The number of hydrogen-bond acceptors (Lipinski definition) is 18. The molecule has 2 fully saturated rings. The smallest absolute Gasteiger partial charge is 0.303 e. The third-order valence-electron chi connectivity index (χ3n) is 6.64. The molecule has 2 aliphatic heterocycles. The maximum atomic E-state index is 12.3. The summed E-state index contributed by atoms with van der Waals surface area (Å²) in [5.41, 5.74) is 0. The maximum absolute atomic E-state index is 12.3. The van der Waals surface area contributed by atoms with Crippen LogP contribution in [0.15, 0.2) is 0 Å². The van der Waals surface area contributed by atoms with Crippen LogP contribution < -0.4 is 0 Å². The fourth-order valence-corrected chi connectivity index (χ4v) is 5.24. The SMILES string of the molecule is CC(=O)OC[C@H]1O[C@@H](C[C@@H]2O[C@H](COC(C)=O)[C@@H](OC(C)=O)[C@H](OC(C)=O)[C@H]2OC(C)=O)[C@H](OC(C)=O)[C@@H](OC(C)=O)[C@@H]1OC(C)=O. The van der Waals surface area contributed by atoms with Crippen molar-refractivity contribution >= 4 is 47.8 Å². The van der Waals surface area contributed by atoms with Crippen molar-refractivity contribution in [2.24, 2.45) is 0 Å². The molecule has 47 heavy (non-hydrogen) atoms. The molecule has 264 valence electrons. The number of hydrogen-bond donors (Lipinski definition) is 0. The van der Waals surface area contributed by atoms with Crippen molar-refractivity contribution in [3.05, 3.63) is 0 Å². The third-order valence-corrected chi connectivity index (χ3v) is 6.64. The highest BCUT2D eigenvalue weighted by Crippen LogP contribution is 2.36. The predicted octanol–water partition coefficient (Wildman–Crippen LogP) is -0.372. The quantitative estimate of drug-likeness (QED) is 0.190. The summed E-state index contributed by atoms with van der Waals surface area (Å²) < 4.78 is 55.2. The van der Waals surface area contributed by atoms with Gasteiger partial charge in [0, 0.05) is 61.8 Å². The van der Waals surface area contributed by atoms with Crippen LogP contribution in [0.2, 0.25) is 0 Å². The molecule has 18 nitrogen and oxygen atoms in total. The lowest BCUT2D eigenvalue weighted by atomic mass is 9.86. The summed E-state index contributed by atoms with van der Waals surface area (Å²) in [7, 11) is 0. The van der Waals surface area contributed by atoms with E-state index in [0.29, 0.717) is 0 Å². The Morgan fingerprint density at radius 2 is 0.596 bits per heavy atom. The Kier molecular flexibility index (Phi) is 14.5. The molecular formula is C29H40O18. The Morgan fingerprint density at radius 3 is 0.830 bits per heavy atom. The van der Waals surface area contributed by atoms with Gasteiger partial charge < -0.3 is 47.4 Å². The minimum absolute atomic E-state index is 0.391. The van der Waals surface area contributed by atoms with Crippen LogP contribution >= 0.6 is 0 Å². The van der Waals surface area contributed by atoms with Gasteiger partial charge in [-0.05, 0) is 0 Å². The number of carbonyl (C=O) groups excluding carboxylic acids is 8. The first-order valence-corrected chi connectivity index (χ1v) is 14.5. The largest absolute Gasteiger partial charge is 0.463 e. The van der Waals surface area contributed by atoms with Gasteiger partial charge in [0.15, 0.2) is 36.6 Å². The van der Waals surface area contributed by atoms with Gasteiger partial charge in [-0.15, -0.1) is 0 Å². The Bertz CT molecular complexity index is 1110. The molecule has 2 heterocycles. The third kappa shape index (κ3) is 12.1. The van der Waals surface area contributed by atoms with Crippen molar-refractivity contribution in [3.63, 3.8) is 0 Å². The molecule has 0 aromatic carbocycles. The second-order valence-electron chi connectivity index (χ2n) is 10.7. The van der Waals surface area contributed by atoms with E-state index in [1.165, 1.54) is 0 Å². The molecule has 0 aromatic rings. The van der Waals surface area contributed by atoms with E-state index in [9.17, 15) is 38.4 Å². The van der Waals surface area contributed by atoms with Crippen LogP contribution in [0.25, 0.3) is 0 Å². The van der Waals surface area contributed by atoms with Crippen LogP contribution in [0.5, 0.6) is 0 Å². The van der Waals surface area contributed by atoms with Crippen LogP contribution in [0, 0.1) is 0 Å².